The van der Waals surface area contributed by atoms with Crippen LogP contribution < -0.4 is 9.47 Å². The van der Waals surface area contributed by atoms with Crippen LogP contribution in [0.4, 0.5) is 0 Å². The quantitative estimate of drug-likeness (QED) is 0.891. The molecule has 18 heavy (non-hydrogen) atoms. The van der Waals surface area contributed by atoms with Gasteiger partial charge in [-0.05, 0) is 50.2 Å². The first-order valence-corrected chi connectivity index (χ1v) is 6.94. The van der Waals surface area contributed by atoms with Crippen molar-refractivity contribution in [3.63, 3.8) is 0 Å². The zero-order valence-electron chi connectivity index (χ0n) is 10.7. The molecule has 0 saturated carbocycles. The summed E-state index contributed by atoms with van der Waals surface area (Å²) in [6, 6.07) is 2.17. The van der Waals surface area contributed by atoms with Crippen LogP contribution in [0, 0.1) is 0 Å². The summed E-state index contributed by atoms with van der Waals surface area (Å²) in [6.07, 6.45) is 6.02. The van der Waals surface area contributed by atoms with Crippen molar-refractivity contribution >= 4 is 0 Å². The molecule has 2 aliphatic rings. The first-order chi connectivity index (χ1) is 8.90. The minimum atomic E-state index is 0.235. The normalized spacial score (nSPS) is 17.4. The number of ether oxygens (including phenoxy) is 2. The highest BCUT2D eigenvalue weighted by Crippen LogP contribution is 2.40. The van der Waals surface area contributed by atoms with Gasteiger partial charge in [0, 0.05) is 17.7 Å². The average molecular weight is 248 g/mol. The van der Waals surface area contributed by atoms with Crippen molar-refractivity contribution in [2.24, 2.45) is 0 Å². The molecule has 2 heterocycles. The van der Waals surface area contributed by atoms with E-state index in [2.05, 4.69) is 6.07 Å². The van der Waals surface area contributed by atoms with Gasteiger partial charge in [0.1, 0.15) is 11.5 Å². The second-order valence-electron chi connectivity index (χ2n) is 5.05. The maximum atomic E-state index is 9.06. The lowest BCUT2D eigenvalue weighted by molar-refractivity contribution is 0.264. The predicted octanol–water partition coefficient (Wildman–Crippen LogP) is 2.26. The Balaban J connectivity index is 2.05. The number of benzene rings is 1. The van der Waals surface area contributed by atoms with Crippen LogP contribution in [0.2, 0.25) is 0 Å². The molecule has 3 heteroatoms. The zero-order chi connectivity index (χ0) is 12.4. The van der Waals surface area contributed by atoms with Crippen LogP contribution in [0.5, 0.6) is 11.5 Å². The molecule has 1 aromatic rings. The topological polar surface area (TPSA) is 38.7 Å². The summed E-state index contributed by atoms with van der Waals surface area (Å²) in [6.45, 7) is 1.88. The van der Waals surface area contributed by atoms with Crippen LogP contribution in [0.15, 0.2) is 6.07 Å². The molecule has 0 radical (unpaired) electrons. The van der Waals surface area contributed by atoms with E-state index in [0.29, 0.717) is 0 Å². The standard InChI is InChI=1S/C15H20O3/c16-7-1-5-13-12-6-3-8-17-14(12)10-11-4-2-9-18-15(11)13/h10,16H,1-9H2. The Labute approximate surface area is 108 Å². The number of fused-ring (bicyclic) bond motifs is 2. The van der Waals surface area contributed by atoms with E-state index in [1.54, 1.807) is 0 Å². The van der Waals surface area contributed by atoms with Gasteiger partial charge in [-0.3, -0.25) is 0 Å². The van der Waals surface area contributed by atoms with E-state index in [1.807, 2.05) is 0 Å². The van der Waals surface area contributed by atoms with Crippen molar-refractivity contribution in [1.82, 2.24) is 0 Å². The highest BCUT2D eigenvalue weighted by atomic mass is 16.5. The molecule has 0 bridgehead atoms. The third-order valence-corrected chi connectivity index (χ3v) is 3.78. The van der Waals surface area contributed by atoms with Gasteiger partial charge in [0.15, 0.2) is 0 Å². The fourth-order valence-electron chi connectivity index (χ4n) is 2.95. The Morgan fingerprint density at radius 1 is 1.11 bits per heavy atom. The molecule has 1 aromatic carbocycles. The smallest absolute Gasteiger partial charge is 0.126 e. The Kier molecular flexibility index (Phi) is 3.41. The maximum absolute atomic E-state index is 9.06. The molecule has 3 rings (SSSR count). The van der Waals surface area contributed by atoms with Crippen LogP contribution in [-0.4, -0.2) is 24.9 Å². The largest absolute Gasteiger partial charge is 0.493 e. The van der Waals surface area contributed by atoms with Crippen molar-refractivity contribution in [1.29, 1.82) is 0 Å². The van der Waals surface area contributed by atoms with Crippen molar-refractivity contribution in [3.8, 4) is 11.5 Å². The third kappa shape index (κ3) is 2.07. The fraction of sp³-hybridized carbons (Fsp3) is 0.600. The molecule has 0 atom stereocenters. The van der Waals surface area contributed by atoms with Crippen molar-refractivity contribution < 1.29 is 14.6 Å². The minimum Gasteiger partial charge on any atom is -0.493 e. The molecule has 0 aromatic heterocycles. The Morgan fingerprint density at radius 2 is 1.94 bits per heavy atom. The lowest BCUT2D eigenvalue weighted by Crippen LogP contribution is -2.17. The van der Waals surface area contributed by atoms with E-state index in [0.717, 1.165) is 63.2 Å². The second kappa shape index (κ2) is 5.19. The van der Waals surface area contributed by atoms with E-state index in [4.69, 9.17) is 14.6 Å². The number of aliphatic hydroxyl groups is 1. The van der Waals surface area contributed by atoms with Crippen molar-refractivity contribution in [2.45, 2.75) is 38.5 Å². The molecule has 1 N–H and O–H groups in total. The predicted molar refractivity (Wildman–Crippen MR) is 69.5 cm³/mol. The van der Waals surface area contributed by atoms with Gasteiger partial charge in [0.25, 0.3) is 0 Å². The van der Waals surface area contributed by atoms with Crippen LogP contribution in [0.25, 0.3) is 0 Å². The van der Waals surface area contributed by atoms with Crippen LogP contribution >= 0.6 is 0 Å². The molecular weight excluding hydrogens is 228 g/mol. The minimum absolute atomic E-state index is 0.235. The summed E-state index contributed by atoms with van der Waals surface area (Å²) in [5, 5.41) is 9.06. The van der Waals surface area contributed by atoms with E-state index in [1.165, 1.54) is 16.7 Å². The Morgan fingerprint density at radius 3 is 2.83 bits per heavy atom. The SMILES string of the molecule is OCCCc1c2c(cc3c1OCCC3)OCCC2. The first kappa shape index (κ1) is 11.8. The summed E-state index contributed by atoms with van der Waals surface area (Å²) in [5.41, 5.74) is 3.89. The number of hydrogen-bond donors (Lipinski definition) is 1. The number of aliphatic hydroxyl groups excluding tert-OH is 1. The average Bonchev–Trinajstić information content (AvgIpc) is 2.43. The number of rotatable bonds is 3. The second-order valence-corrected chi connectivity index (χ2v) is 5.05. The summed E-state index contributed by atoms with van der Waals surface area (Å²) >= 11 is 0. The third-order valence-electron chi connectivity index (χ3n) is 3.78. The van der Waals surface area contributed by atoms with Crippen molar-refractivity contribution in [3.05, 3.63) is 22.8 Å². The number of hydrogen-bond acceptors (Lipinski definition) is 3. The molecule has 0 spiro atoms. The highest BCUT2D eigenvalue weighted by Gasteiger charge is 2.23. The van der Waals surface area contributed by atoms with Crippen LogP contribution in [0.3, 0.4) is 0 Å². The molecule has 0 fully saturated rings. The highest BCUT2D eigenvalue weighted by molar-refractivity contribution is 5.55. The summed E-state index contributed by atoms with van der Waals surface area (Å²) in [7, 11) is 0. The molecular formula is C15H20O3. The molecule has 0 saturated heterocycles. The Bertz CT molecular complexity index is 406. The van der Waals surface area contributed by atoms with E-state index < -0.39 is 0 Å². The van der Waals surface area contributed by atoms with Crippen LogP contribution in [0.1, 0.15) is 36.0 Å². The van der Waals surface area contributed by atoms with Gasteiger partial charge >= 0.3 is 0 Å². The molecule has 2 aliphatic heterocycles. The van der Waals surface area contributed by atoms with Gasteiger partial charge in [-0.1, -0.05) is 0 Å². The van der Waals surface area contributed by atoms with E-state index in [-0.39, 0.29) is 6.61 Å². The first-order valence-electron chi connectivity index (χ1n) is 6.94. The maximum Gasteiger partial charge on any atom is 0.126 e. The van der Waals surface area contributed by atoms with Gasteiger partial charge in [0.2, 0.25) is 0 Å². The molecule has 3 nitrogen and oxygen atoms in total. The molecule has 0 unspecified atom stereocenters. The Hall–Kier alpha value is -1.22. The summed E-state index contributed by atoms with van der Waals surface area (Å²) < 4.78 is 11.7. The van der Waals surface area contributed by atoms with Gasteiger partial charge in [-0.2, -0.15) is 0 Å². The van der Waals surface area contributed by atoms with Crippen LogP contribution in [-0.2, 0) is 19.3 Å². The molecule has 98 valence electrons. The lowest BCUT2D eigenvalue weighted by atomic mass is 9.91. The van der Waals surface area contributed by atoms with Gasteiger partial charge in [0.05, 0.1) is 13.2 Å². The fourth-order valence-corrected chi connectivity index (χ4v) is 2.95. The van der Waals surface area contributed by atoms with Gasteiger partial charge < -0.3 is 14.6 Å². The van der Waals surface area contributed by atoms with E-state index >= 15 is 0 Å². The molecule has 0 amide bonds. The van der Waals surface area contributed by atoms with Crippen molar-refractivity contribution in [2.75, 3.05) is 19.8 Å². The molecule has 0 aliphatic carbocycles. The van der Waals surface area contributed by atoms with Gasteiger partial charge in [-0.15, -0.1) is 0 Å². The number of aryl methyl sites for hydroxylation is 1. The summed E-state index contributed by atoms with van der Waals surface area (Å²) in [4.78, 5) is 0. The monoisotopic (exact) mass is 248 g/mol. The zero-order valence-corrected chi connectivity index (χ0v) is 10.7. The van der Waals surface area contributed by atoms with E-state index in [9.17, 15) is 0 Å². The van der Waals surface area contributed by atoms with Gasteiger partial charge in [-0.25, -0.2) is 0 Å². The lowest BCUT2D eigenvalue weighted by Gasteiger charge is -2.27. The summed E-state index contributed by atoms with van der Waals surface area (Å²) in [5.74, 6) is 2.14.